The van der Waals surface area contributed by atoms with E-state index in [0.29, 0.717) is 6.42 Å². The van der Waals surface area contributed by atoms with Crippen LogP contribution in [0.4, 0.5) is 4.79 Å². The molecule has 0 radical (unpaired) electrons. The molecule has 1 rings (SSSR count). The number of nitrogens with two attached hydrogens (primary N) is 1. The number of aliphatic carboxylic acids is 1. The van der Waals surface area contributed by atoms with Crippen LogP contribution in [0.2, 0.25) is 0 Å². The maximum Gasteiger partial charge on any atom is 0.326 e. The molecule has 6 heteroatoms. The number of carbonyl (C=O) groups excluding carboxylic acids is 1. The molecule has 6 nitrogen and oxygen atoms in total. The van der Waals surface area contributed by atoms with Gasteiger partial charge in [-0.2, -0.15) is 0 Å². The molecule has 0 bridgehead atoms. The van der Waals surface area contributed by atoms with Gasteiger partial charge in [-0.1, -0.05) is 19.8 Å². The van der Waals surface area contributed by atoms with Gasteiger partial charge >= 0.3 is 12.0 Å². The number of urea groups is 1. The maximum absolute atomic E-state index is 11.6. The number of nitrogens with one attached hydrogen (secondary N) is 2. The van der Waals surface area contributed by atoms with Gasteiger partial charge in [0, 0.05) is 12.1 Å². The Morgan fingerprint density at radius 1 is 1.41 bits per heavy atom. The number of carbonyl (C=O) groups is 2. The first kappa shape index (κ1) is 13.8. The summed E-state index contributed by atoms with van der Waals surface area (Å²) in [5.74, 6) is -1.02. The van der Waals surface area contributed by atoms with Gasteiger partial charge in [-0.3, -0.25) is 0 Å². The fourth-order valence-corrected chi connectivity index (χ4v) is 2.05. The van der Waals surface area contributed by atoms with E-state index in [1.165, 1.54) is 0 Å². The van der Waals surface area contributed by atoms with Crippen molar-refractivity contribution in [2.45, 2.75) is 57.2 Å². The number of rotatable bonds is 4. The SMILES string of the molecule is CC[C@H](NC(=O)NC1CCCCC1N)C(=O)O. The highest BCUT2D eigenvalue weighted by Gasteiger charge is 2.25. The van der Waals surface area contributed by atoms with Crippen LogP contribution in [-0.2, 0) is 4.79 Å². The fraction of sp³-hybridized carbons (Fsp3) is 0.818. The summed E-state index contributed by atoms with van der Waals surface area (Å²) in [6, 6.07) is -1.36. The quantitative estimate of drug-likeness (QED) is 0.574. The number of amides is 2. The minimum atomic E-state index is -1.02. The van der Waals surface area contributed by atoms with Crippen molar-refractivity contribution in [2.75, 3.05) is 0 Å². The molecule has 1 aliphatic carbocycles. The van der Waals surface area contributed by atoms with Gasteiger partial charge in [-0.25, -0.2) is 9.59 Å². The van der Waals surface area contributed by atoms with E-state index in [1.54, 1.807) is 6.92 Å². The standard InChI is InChI=1S/C11H21N3O3/c1-2-8(10(15)16)13-11(17)14-9-6-4-3-5-7(9)12/h7-9H,2-6,12H2,1H3,(H,15,16)(H2,13,14,17)/t7?,8-,9?/m0/s1. The fourth-order valence-electron chi connectivity index (χ4n) is 2.05. The lowest BCUT2D eigenvalue weighted by atomic mass is 9.91. The zero-order chi connectivity index (χ0) is 12.8. The van der Waals surface area contributed by atoms with E-state index in [2.05, 4.69) is 10.6 Å². The second-order valence-electron chi connectivity index (χ2n) is 4.47. The van der Waals surface area contributed by atoms with Crippen LogP contribution in [0.1, 0.15) is 39.0 Å². The normalized spacial score (nSPS) is 26.0. The highest BCUT2D eigenvalue weighted by atomic mass is 16.4. The van der Waals surface area contributed by atoms with Gasteiger partial charge in [0.15, 0.2) is 0 Å². The van der Waals surface area contributed by atoms with E-state index < -0.39 is 18.0 Å². The van der Waals surface area contributed by atoms with Crippen LogP contribution in [-0.4, -0.2) is 35.2 Å². The van der Waals surface area contributed by atoms with E-state index in [-0.39, 0.29) is 12.1 Å². The molecule has 0 saturated heterocycles. The summed E-state index contributed by atoms with van der Waals surface area (Å²) in [7, 11) is 0. The second kappa shape index (κ2) is 6.44. The van der Waals surface area contributed by atoms with Crippen molar-refractivity contribution in [1.82, 2.24) is 10.6 Å². The van der Waals surface area contributed by atoms with Crippen molar-refractivity contribution >= 4 is 12.0 Å². The average Bonchev–Trinajstić information content (AvgIpc) is 2.28. The van der Waals surface area contributed by atoms with Crippen LogP contribution >= 0.6 is 0 Å². The summed E-state index contributed by atoms with van der Waals surface area (Å²) in [5, 5.41) is 14.0. The van der Waals surface area contributed by atoms with E-state index in [0.717, 1.165) is 25.7 Å². The van der Waals surface area contributed by atoms with E-state index in [1.807, 2.05) is 0 Å². The average molecular weight is 243 g/mol. The van der Waals surface area contributed by atoms with Crippen LogP contribution in [0.5, 0.6) is 0 Å². The molecule has 0 aromatic rings. The van der Waals surface area contributed by atoms with Crippen LogP contribution in [0.3, 0.4) is 0 Å². The van der Waals surface area contributed by atoms with Crippen molar-refractivity contribution in [3.05, 3.63) is 0 Å². The first-order chi connectivity index (χ1) is 8.04. The Balaban J connectivity index is 2.40. The number of carboxylic acid groups (broad SMARTS) is 1. The predicted molar refractivity (Wildman–Crippen MR) is 63.6 cm³/mol. The summed E-state index contributed by atoms with van der Waals surface area (Å²) in [5.41, 5.74) is 5.89. The molecule has 2 unspecified atom stereocenters. The summed E-state index contributed by atoms with van der Waals surface area (Å²) in [6.07, 6.45) is 4.27. The molecule has 0 aliphatic heterocycles. The molecule has 0 aromatic heterocycles. The van der Waals surface area contributed by atoms with E-state index in [4.69, 9.17) is 10.8 Å². The van der Waals surface area contributed by atoms with Crippen molar-refractivity contribution in [3.8, 4) is 0 Å². The molecule has 3 atom stereocenters. The Morgan fingerprint density at radius 2 is 2.06 bits per heavy atom. The Kier molecular flexibility index (Phi) is 5.21. The molecule has 1 aliphatic rings. The van der Waals surface area contributed by atoms with Crippen molar-refractivity contribution < 1.29 is 14.7 Å². The monoisotopic (exact) mass is 243 g/mol. The van der Waals surface area contributed by atoms with Gasteiger partial charge in [-0.05, 0) is 19.3 Å². The minimum absolute atomic E-state index is 0.0283. The smallest absolute Gasteiger partial charge is 0.326 e. The second-order valence-corrected chi connectivity index (χ2v) is 4.47. The van der Waals surface area contributed by atoms with Gasteiger partial charge < -0.3 is 21.5 Å². The molecule has 1 fully saturated rings. The molecule has 2 amide bonds. The van der Waals surface area contributed by atoms with Gasteiger partial charge in [0.1, 0.15) is 6.04 Å². The summed E-state index contributed by atoms with van der Waals surface area (Å²) in [4.78, 5) is 22.3. The predicted octanol–water partition coefficient (Wildman–Crippen LogP) is 0.419. The topological polar surface area (TPSA) is 104 Å². The molecule has 1 saturated carbocycles. The highest BCUT2D eigenvalue weighted by Crippen LogP contribution is 2.16. The molecular formula is C11H21N3O3. The van der Waals surface area contributed by atoms with Crippen molar-refractivity contribution in [1.29, 1.82) is 0 Å². The zero-order valence-corrected chi connectivity index (χ0v) is 10.1. The molecular weight excluding hydrogens is 222 g/mol. The highest BCUT2D eigenvalue weighted by molar-refractivity contribution is 5.82. The van der Waals surface area contributed by atoms with Gasteiger partial charge in [-0.15, -0.1) is 0 Å². The third kappa shape index (κ3) is 4.22. The van der Waals surface area contributed by atoms with Crippen molar-refractivity contribution in [2.24, 2.45) is 5.73 Å². The first-order valence-electron chi connectivity index (χ1n) is 6.10. The molecule has 5 N–H and O–H groups in total. The molecule has 17 heavy (non-hydrogen) atoms. The molecule has 98 valence electrons. The Labute approximate surface area is 101 Å². The molecule has 0 heterocycles. The van der Waals surface area contributed by atoms with Crippen LogP contribution in [0.25, 0.3) is 0 Å². The number of hydrogen-bond donors (Lipinski definition) is 4. The third-order valence-corrected chi connectivity index (χ3v) is 3.15. The van der Waals surface area contributed by atoms with Crippen LogP contribution in [0.15, 0.2) is 0 Å². The number of hydrogen-bond acceptors (Lipinski definition) is 3. The largest absolute Gasteiger partial charge is 0.480 e. The Morgan fingerprint density at radius 3 is 2.59 bits per heavy atom. The summed E-state index contributed by atoms with van der Waals surface area (Å²) >= 11 is 0. The number of carboxylic acids is 1. The Hall–Kier alpha value is -1.30. The molecule has 0 aromatic carbocycles. The van der Waals surface area contributed by atoms with Crippen molar-refractivity contribution in [3.63, 3.8) is 0 Å². The van der Waals surface area contributed by atoms with Crippen LogP contribution < -0.4 is 16.4 Å². The van der Waals surface area contributed by atoms with E-state index in [9.17, 15) is 9.59 Å². The lowest BCUT2D eigenvalue weighted by Gasteiger charge is -2.29. The lowest BCUT2D eigenvalue weighted by Crippen LogP contribution is -2.54. The van der Waals surface area contributed by atoms with Gasteiger partial charge in [0.25, 0.3) is 0 Å². The molecule has 0 spiro atoms. The maximum atomic E-state index is 11.6. The first-order valence-corrected chi connectivity index (χ1v) is 6.10. The van der Waals surface area contributed by atoms with Gasteiger partial charge in [0.05, 0.1) is 0 Å². The third-order valence-electron chi connectivity index (χ3n) is 3.15. The summed E-state index contributed by atoms with van der Waals surface area (Å²) in [6.45, 7) is 1.71. The lowest BCUT2D eigenvalue weighted by molar-refractivity contribution is -0.139. The summed E-state index contributed by atoms with van der Waals surface area (Å²) < 4.78 is 0. The van der Waals surface area contributed by atoms with Crippen LogP contribution in [0, 0.1) is 0 Å². The zero-order valence-electron chi connectivity index (χ0n) is 10.1. The van der Waals surface area contributed by atoms with Gasteiger partial charge in [0.2, 0.25) is 0 Å². The Bertz CT molecular complexity index is 283. The minimum Gasteiger partial charge on any atom is -0.480 e. The van der Waals surface area contributed by atoms with E-state index >= 15 is 0 Å².